The number of anilines is 1. The highest BCUT2D eigenvalue weighted by Crippen LogP contribution is 2.31. The Balaban J connectivity index is 1.66. The molecule has 1 aromatic heterocycles. The van der Waals surface area contributed by atoms with Crippen molar-refractivity contribution in [2.45, 2.75) is 57.1 Å². The number of likely N-dealkylation sites (N-methyl/N-ethyl adjacent to an activating group) is 1. The Morgan fingerprint density at radius 2 is 2.18 bits per heavy atom. The number of rotatable bonds is 5. The highest BCUT2D eigenvalue weighted by atomic mass is 16.3. The average Bonchev–Trinajstić information content (AvgIpc) is 3.31. The molecule has 0 aromatic carbocycles. The minimum Gasteiger partial charge on any atom is -0.387 e. The van der Waals surface area contributed by atoms with Crippen molar-refractivity contribution in [2.24, 2.45) is 0 Å². The molecule has 4 nitrogen and oxygen atoms in total. The zero-order chi connectivity index (χ0) is 15.7. The highest BCUT2D eigenvalue weighted by molar-refractivity contribution is 5.46. The van der Waals surface area contributed by atoms with Gasteiger partial charge in [0.25, 0.3) is 0 Å². The van der Waals surface area contributed by atoms with E-state index in [1.165, 1.54) is 12.8 Å². The molecule has 3 rings (SSSR count). The third-order valence-electron chi connectivity index (χ3n) is 5.00. The Bertz CT molecular complexity index is 498. The first-order valence-electron chi connectivity index (χ1n) is 8.60. The number of hydrogen-bond donors (Lipinski definition) is 1. The summed E-state index contributed by atoms with van der Waals surface area (Å²) < 4.78 is 0. The third kappa shape index (κ3) is 3.61. The minimum absolute atomic E-state index is 0.458. The van der Waals surface area contributed by atoms with Crippen LogP contribution in [0.3, 0.4) is 0 Å². The Labute approximate surface area is 134 Å². The lowest BCUT2D eigenvalue weighted by atomic mass is 9.92. The second-order valence-corrected chi connectivity index (χ2v) is 7.49. The second kappa shape index (κ2) is 6.17. The summed E-state index contributed by atoms with van der Waals surface area (Å²) in [6, 6.07) is 4.97. The first-order valence-corrected chi connectivity index (χ1v) is 8.60. The van der Waals surface area contributed by atoms with Gasteiger partial charge in [0.15, 0.2) is 0 Å². The molecule has 4 heteroatoms. The number of piperidine rings is 1. The summed E-state index contributed by atoms with van der Waals surface area (Å²) in [6.45, 7) is 6.83. The lowest BCUT2D eigenvalue weighted by molar-refractivity contribution is -0.00343. The molecule has 1 aliphatic carbocycles. The largest absolute Gasteiger partial charge is 0.387 e. The Morgan fingerprint density at radius 3 is 2.77 bits per heavy atom. The van der Waals surface area contributed by atoms with E-state index in [0.29, 0.717) is 18.5 Å². The molecule has 1 atom stereocenters. The lowest BCUT2D eigenvalue weighted by Crippen LogP contribution is -2.54. The van der Waals surface area contributed by atoms with Crippen LogP contribution in [-0.4, -0.2) is 53.3 Å². The minimum atomic E-state index is -0.591. The van der Waals surface area contributed by atoms with Crippen molar-refractivity contribution < 1.29 is 5.11 Å². The van der Waals surface area contributed by atoms with Gasteiger partial charge in [0.05, 0.1) is 17.5 Å². The molecule has 1 saturated carbocycles. The van der Waals surface area contributed by atoms with E-state index >= 15 is 0 Å². The molecule has 0 bridgehead atoms. The van der Waals surface area contributed by atoms with Crippen LogP contribution < -0.4 is 4.90 Å². The molecule has 1 aliphatic heterocycles. The summed E-state index contributed by atoms with van der Waals surface area (Å²) >= 11 is 0. The van der Waals surface area contributed by atoms with E-state index in [1.807, 2.05) is 6.20 Å². The summed E-state index contributed by atoms with van der Waals surface area (Å²) in [5, 5.41) is 11.0. The van der Waals surface area contributed by atoms with Crippen LogP contribution >= 0.6 is 0 Å². The van der Waals surface area contributed by atoms with Crippen molar-refractivity contribution in [3.8, 4) is 0 Å². The second-order valence-electron chi connectivity index (χ2n) is 7.49. The molecule has 2 fully saturated rings. The fraction of sp³-hybridized carbons (Fsp3) is 0.722. The van der Waals surface area contributed by atoms with E-state index in [4.69, 9.17) is 0 Å². The van der Waals surface area contributed by atoms with Crippen molar-refractivity contribution in [3.05, 3.63) is 24.0 Å². The number of nitrogens with zero attached hydrogens (tertiary/aromatic N) is 3. The first kappa shape index (κ1) is 15.8. The van der Waals surface area contributed by atoms with Crippen LogP contribution in [0, 0.1) is 0 Å². The molecule has 0 unspecified atom stereocenters. The predicted octanol–water partition coefficient (Wildman–Crippen LogP) is 2.63. The van der Waals surface area contributed by atoms with Gasteiger partial charge >= 0.3 is 0 Å². The van der Waals surface area contributed by atoms with Gasteiger partial charge in [-0.1, -0.05) is 13.8 Å². The Kier molecular flexibility index (Phi) is 4.42. The molecular formula is C18H29N3O. The van der Waals surface area contributed by atoms with Gasteiger partial charge in [0, 0.05) is 31.4 Å². The van der Waals surface area contributed by atoms with Crippen LogP contribution in [0.5, 0.6) is 0 Å². The van der Waals surface area contributed by atoms with Gasteiger partial charge in [-0.25, -0.2) is 0 Å². The van der Waals surface area contributed by atoms with E-state index in [0.717, 1.165) is 37.3 Å². The summed E-state index contributed by atoms with van der Waals surface area (Å²) in [5.41, 5.74) is 1.67. The van der Waals surface area contributed by atoms with Gasteiger partial charge < -0.3 is 14.9 Å². The van der Waals surface area contributed by atoms with Crippen LogP contribution in [0.4, 0.5) is 5.69 Å². The van der Waals surface area contributed by atoms with Gasteiger partial charge in [-0.3, -0.25) is 4.98 Å². The molecule has 122 valence electrons. The number of hydrogen-bond acceptors (Lipinski definition) is 4. The van der Waals surface area contributed by atoms with Crippen LogP contribution in [0.15, 0.2) is 18.3 Å². The zero-order valence-corrected chi connectivity index (χ0v) is 14.1. The molecule has 2 aliphatic rings. The number of aliphatic hydroxyl groups is 1. The van der Waals surface area contributed by atoms with Gasteiger partial charge in [-0.05, 0) is 50.8 Å². The topological polar surface area (TPSA) is 39.6 Å². The van der Waals surface area contributed by atoms with Gasteiger partial charge in [0.2, 0.25) is 0 Å². The monoisotopic (exact) mass is 303 g/mol. The van der Waals surface area contributed by atoms with E-state index in [1.54, 1.807) is 0 Å². The molecular weight excluding hydrogens is 274 g/mol. The first-order chi connectivity index (χ1) is 10.5. The number of pyridine rings is 1. The summed E-state index contributed by atoms with van der Waals surface area (Å²) in [7, 11) is 2.15. The smallest absolute Gasteiger partial charge is 0.0948 e. The normalized spacial score (nSPS) is 26.0. The fourth-order valence-corrected chi connectivity index (χ4v) is 3.50. The van der Waals surface area contributed by atoms with Crippen molar-refractivity contribution in [3.63, 3.8) is 0 Å². The average molecular weight is 303 g/mol. The maximum absolute atomic E-state index is 11.0. The lowest BCUT2D eigenvalue weighted by Gasteiger charge is -2.42. The van der Waals surface area contributed by atoms with E-state index in [2.05, 4.69) is 47.8 Å². The fourth-order valence-electron chi connectivity index (χ4n) is 3.50. The maximum Gasteiger partial charge on any atom is 0.0948 e. The van der Waals surface area contributed by atoms with E-state index in [9.17, 15) is 5.11 Å². The molecule has 1 N–H and O–H groups in total. The predicted molar refractivity (Wildman–Crippen MR) is 90.4 cm³/mol. The number of β-amino-alcohol motifs (C(OH)–C–C–N with tert-alkyl or cyclic N) is 1. The number of aromatic nitrogens is 1. The molecule has 0 radical (unpaired) electrons. The summed E-state index contributed by atoms with van der Waals surface area (Å²) in [6.07, 6.45) is 6.48. The van der Waals surface area contributed by atoms with Gasteiger partial charge in [-0.15, -0.1) is 0 Å². The quantitative estimate of drug-likeness (QED) is 0.908. The molecule has 0 amide bonds. The Hall–Kier alpha value is -1.13. The van der Waals surface area contributed by atoms with Crippen LogP contribution in [0.1, 0.15) is 51.1 Å². The Morgan fingerprint density at radius 1 is 1.41 bits per heavy atom. The van der Waals surface area contributed by atoms with Crippen LogP contribution in [0.2, 0.25) is 0 Å². The van der Waals surface area contributed by atoms with Crippen molar-refractivity contribution in [1.29, 1.82) is 0 Å². The molecule has 1 saturated heterocycles. The van der Waals surface area contributed by atoms with E-state index in [-0.39, 0.29) is 0 Å². The third-order valence-corrected chi connectivity index (χ3v) is 5.00. The zero-order valence-electron chi connectivity index (χ0n) is 14.1. The summed E-state index contributed by atoms with van der Waals surface area (Å²) in [4.78, 5) is 9.20. The van der Waals surface area contributed by atoms with Crippen LogP contribution in [0.25, 0.3) is 0 Å². The SMILES string of the molecule is CC(C)c1ccc(N2CCC[C@@](O)(CN(C)C3CC3)C2)cn1. The summed E-state index contributed by atoms with van der Waals surface area (Å²) in [5.74, 6) is 0.458. The van der Waals surface area contributed by atoms with Crippen molar-refractivity contribution >= 4 is 5.69 Å². The molecule has 0 spiro atoms. The van der Waals surface area contributed by atoms with Crippen LogP contribution in [-0.2, 0) is 0 Å². The van der Waals surface area contributed by atoms with Gasteiger partial charge in [0.1, 0.15) is 0 Å². The maximum atomic E-state index is 11.0. The molecule has 22 heavy (non-hydrogen) atoms. The molecule has 2 heterocycles. The standard InChI is InChI=1S/C18H29N3O/c1-14(2)17-8-7-16(11-19-17)21-10-4-9-18(22,13-21)12-20(3)15-5-6-15/h7-8,11,14-15,22H,4-6,9-10,12-13H2,1-3H3/t18-/m1/s1. The highest BCUT2D eigenvalue weighted by Gasteiger charge is 2.37. The van der Waals surface area contributed by atoms with Gasteiger partial charge in [-0.2, -0.15) is 0 Å². The molecule has 1 aromatic rings. The van der Waals surface area contributed by atoms with Crippen molar-refractivity contribution in [1.82, 2.24) is 9.88 Å². The van der Waals surface area contributed by atoms with Crippen molar-refractivity contribution in [2.75, 3.05) is 31.6 Å². The van der Waals surface area contributed by atoms with E-state index < -0.39 is 5.60 Å².